The summed E-state index contributed by atoms with van der Waals surface area (Å²) in [5, 5.41) is 0. The number of halogens is 1. The molecule has 3 nitrogen and oxygen atoms in total. The van der Waals surface area contributed by atoms with Crippen molar-refractivity contribution in [3.63, 3.8) is 0 Å². The predicted molar refractivity (Wildman–Crippen MR) is 89.0 cm³/mol. The fourth-order valence-electron chi connectivity index (χ4n) is 3.24. The summed E-state index contributed by atoms with van der Waals surface area (Å²) in [6, 6.07) is 3.86. The molecule has 1 aliphatic carbocycles. The molecule has 1 aromatic rings. The smallest absolute Gasteiger partial charge is 0.130 e. The molecule has 0 aromatic heterocycles. The molecule has 0 amide bonds. The van der Waals surface area contributed by atoms with Crippen LogP contribution in [0.2, 0.25) is 0 Å². The van der Waals surface area contributed by atoms with Gasteiger partial charge in [0.25, 0.3) is 0 Å². The Balaban J connectivity index is 2.45. The van der Waals surface area contributed by atoms with E-state index in [1.165, 1.54) is 32.1 Å². The minimum atomic E-state index is 0.209. The molecule has 0 aliphatic heterocycles. The van der Waals surface area contributed by atoms with E-state index in [4.69, 9.17) is 14.2 Å². The van der Waals surface area contributed by atoms with E-state index in [0.717, 1.165) is 22.8 Å². The van der Waals surface area contributed by atoms with Gasteiger partial charge in [-0.2, -0.15) is 0 Å². The summed E-state index contributed by atoms with van der Waals surface area (Å²) in [6.45, 7) is 2.36. The van der Waals surface area contributed by atoms with Crippen molar-refractivity contribution in [3.05, 3.63) is 17.7 Å². The predicted octanol–water partition coefficient (Wildman–Crippen LogP) is 5.12. The number of benzene rings is 1. The van der Waals surface area contributed by atoms with Crippen LogP contribution in [-0.4, -0.2) is 21.3 Å². The number of alkyl halides is 1. The summed E-state index contributed by atoms with van der Waals surface area (Å²) >= 11 is 3.93. The van der Waals surface area contributed by atoms with Crippen LogP contribution >= 0.6 is 15.9 Å². The van der Waals surface area contributed by atoms with E-state index >= 15 is 0 Å². The van der Waals surface area contributed by atoms with Gasteiger partial charge in [-0.05, 0) is 18.3 Å². The second-order valence-electron chi connectivity index (χ2n) is 6.02. The van der Waals surface area contributed by atoms with Crippen LogP contribution in [0, 0.1) is 5.41 Å². The Labute approximate surface area is 136 Å². The van der Waals surface area contributed by atoms with Crippen LogP contribution in [0.1, 0.15) is 49.4 Å². The Hall–Kier alpha value is -0.900. The monoisotopic (exact) mass is 356 g/mol. The van der Waals surface area contributed by atoms with Gasteiger partial charge in [-0.15, -0.1) is 0 Å². The Morgan fingerprint density at radius 1 is 0.952 bits per heavy atom. The molecular formula is C17H25BrO3. The molecule has 0 N–H and O–H groups in total. The van der Waals surface area contributed by atoms with Crippen molar-refractivity contribution in [2.24, 2.45) is 5.41 Å². The van der Waals surface area contributed by atoms with Gasteiger partial charge in [0.2, 0.25) is 0 Å². The summed E-state index contributed by atoms with van der Waals surface area (Å²) < 4.78 is 16.5. The van der Waals surface area contributed by atoms with Gasteiger partial charge in [0.1, 0.15) is 17.2 Å². The minimum absolute atomic E-state index is 0.209. The first-order valence-electron chi connectivity index (χ1n) is 7.49. The van der Waals surface area contributed by atoms with Gasteiger partial charge in [0.15, 0.2) is 0 Å². The van der Waals surface area contributed by atoms with Crippen molar-refractivity contribution >= 4 is 15.9 Å². The Bertz CT molecular complexity index is 456. The molecule has 1 aromatic carbocycles. The molecule has 0 radical (unpaired) electrons. The molecule has 1 unspecified atom stereocenters. The second-order valence-corrected chi connectivity index (χ2v) is 6.94. The molecule has 118 valence electrons. The number of hydrogen-bond donors (Lipinski definition) is 0. The van der Waals surface area contributed by atoms with Gasteiger partial charge < -0.3 is 14.2 Å². The van der Waals surface area contributed by atoms with Crippen LogP contribution in [0.15, 0.2) is 12.1 Å². The van der Waals surface area contributed by atoms with E-state index in [1.54, 1.807) is 21.3 Å². The topological polar surface area (TPSA) is 27.7 Å². The third-order valence-electron chi connectivity index (χ3n) is 4.61. The maximum Gasteiger partial charge on any atom is 0.130 e. The van der Waals surface area contributed by atoms with Crippen LogP contribution in [-0.2, 0) is 0 Å². The number of rotatable bonds is 5. The standard InChI is InChI=1S/C17H25BrO3/c1-17(8-6-5-7-9-17)16(18)15-13(20-3)10-12(19-2)11-14(15)21-4/h10-11,16H,5-9H2,1-4H3. The number of methoxy groups -OCH3 is 3. The molecule has 1 atom stereocenters. The highest BCUT2D eigenvalue weighted by Crippen LogP contribution is 2.55. The third-order valence-corrected chi connectivity index (χ3v) is 6.18. The largest absolute Gasteiger partial charge is 0.496 e. The molecule has 0 heterocycles. The SMILES string of the molecule is COc1cc(OC)c(C(Br)C2(C)CCCCC2)c(OC)c1. The Morgan fingerprint density at radius 3 is 1.90 bits per heavy atom. The molecule has 0 spiro atoms. The van der Waals surface area contributed by atoms with E-state index in [2.05, 4.69) is 22.9 Å². The second kappa shape index (κ2) is 6.91. The number of ether oxygens (including phenoxy) is 3. The van der Waals surface area contributed by atoms with Gasteiger partial charge in [0, 0.05) is 12.1 Å². The highest BCUT2D eigenvalue weighted by molar-refractivity contribution is 9.09. The van der Waals surface area contributed by atoms with Gasteiger partial charge in [-0.1, -0.05) is 42.1 Å². The summed E-state index contributed by atoms with van der Waals surface area (Å²) in [5.74, 6) is 2.39. The molecule has 4 heteroatoms. The summed E-state index contributed by atoms with van der Waals surface area (Å²) in [7, 11) is 5.04. The molecule has 1 fully saturated rings. The fraction of sp³-hybridized carbons (Fsp3) is 0.647. The van der Waals surface area contributed by atoms with Gasteiger partial charge >= 0.3 is 0 Å². The lowest BCUT2D eigenvalue weighted by atomic mass is 9.71. The molecular weight excluding hydrogens is 332 g/mol. The zero-order chi connectivity index (χ0) is 15.5. The van der Waals surface area contributed by atoms with Crippen LogP contribution < -0.4 is 14.2 Å². The van der Waals surface area contributed by atoms with Crippen molar-refractivity contribution < 1.29 is 14.2 Å². The molecule has 1 aliphatic rings. The normalized spacial score (nSPS) is 18.9. The average Bonchev–Trinajstić information content (AvgIpc) is 2.53. The van der Waals surface area contributed by atoms with E-state index in [0.29, 0.717) is 0 Å². The first-order chi connectivity index (χ1) is 10.1. The van der Waals surface area contributed by atoms with Crippen LogP contribution in [0.3, 0.4) is 0 Å². The lowest BCUT2D eigenvalue weighted by molar-refractivity contribution is 0.208. The lowest BCUT2D eigenvalue weighted by Crippen LogP contribution is -2.25. The number of hydrogen-bond acceptors (Lipinski definition) is 3. The van der Waals surface area contributed by atoms with E-state index < -0.39 is 0 Å². The quantitative estimate of drug-likeness (QED) is 0.685. The van der Waals surface area contributed by atoms with E-state index in [-0.39, 0.29) is 10.2 Å². The maximum absolute atomic E-state index is 5.60. The third kappa shape index (κ3) is 3.31. The van der Waals surface area contributed by atoms with Crippen LogP contribution in [0.5, 0.6) is 17.2 Å². The summed E-state index contributed by atoms with van der Waals surface area (Å²) in [5.41, 5.74) is 1.32. The highest BCUT2D eigenvalue weighted by Gasteiger charge is 2.38. The first kappa shape index (κ1) is 16.5. The van der Waals surface area contributed by atoms with Crippen molar-refractivity contribution in [1.82, 2.24) is 0 Å². The van der Waals surface area contributed by atoms with Crippen molar-refractivity contribution in [2.45, 2.75) is 43.9 Å². The maximum atomic E-state index is 5.60. The van der Waals surface area contributed by atoms with Crippen molar-refractivity contribution in [3.8, 4) is 17.2 Å². The van der Waals surface area contributed by atoms with Crippen molar-refractivity contribution in [2.75, 3.05) is 21.3 Å². The molecule has 21 heavy (non-hydrogen) atoms. The average molecular weight is 357 g/mol. The van der Waals surface area contributed by atoms with Gasteiger partial charge in [-0.3, -0.25) is 0 Å². The zero-order valence-electron chi connectivity index (χ0n) is 13.4. The zero-order valence-corrected chi connectivity index (χ0v) is 15.0. The summed E-state index contributed by atoms with van der Waals surface area (Å²) in [4.78, 5) is 0.209. The Kier molecular flexibility index (Phi) is 5.42. The molecule has 1 saturated carbocycles. The van der Waals surface area contributed by atoms with Gasteiger partial charge in [0.05, 0.1) is 31.7 Å². The molecule has 0 bridgehead atoms. The van der Waals surface area contributed by atoms with Gasteiger partial charge in [-0.25, -0.2) is 0 Å². The highest BCUT2D eigenvalue weighted by atomic mass is 79.9. The van der Waals surface area contributed by atoms with Crippen LogP contribution in [0.4, 0.5) is 0 Å². The summed E-state index contributed by atoms with van der Waals surface area (Å²) in [6.07, 6.45) is 6.37. The molecule has 0 saturated heterocycles. The minimum Gasteiger partial charge on any atom is -0.496 e. The lowest BCUT2D eigenvalue weighted by Gasteiger charge is -2.39. The fourth-order valence-corrected chi connectivity index (χ4v) is 4.15. The molecule has 2 rings (SSSR count). The van der Waals surface area contributed by atoms with E-state index in [9.17, 15) is 0 Å². The van der Waals surface area contributed by atoms with Crippen molar-refractivity contribution in [1.29, 1.82) is 0 Å². The Morgan fingerprint density at radius 2 is 1.48 bits per heavy atom. The van der Waals surface area contributed by atoms with Crippen LogP contribution in [0.25, 0.3) is 0 Å². The first-order valence-corrected chi connectivity index (χ1v) is 8.41. The van der Waals surface area contributed by atoms with E-state index in [1.807, 2.05) is 12.1 Å².